The van der Waals surface area contributed by atoms with Crippen molar-refractivity contribution < 1.29 is 0 Å². The van der Waals surface area contributed by atoms with Crippen molar-refractivity contribution in [2.75, 3.05) is 18.9 Å². The van der Waals surface area contributed by atoms with Gasteiger partial charge in [-0.1, -0.05) is 19.9 Å². The highest BCUT2D eigenvalue weighted by Crippen LogP contribution is 2.25. The number of rotatable bonds is 4. The van der Waals surface area contributed by atoms with Crippen LogP contribution in [-0.2, 0) is 6.54 Å². The summed E-state index contributed by atoms with van der Waals surface area (Å²) in [7, 11) is 1.92. The molecule has 1 aliphatic rings. The predicted octanol–water partition coefficient (Wildman–Crippen LogP) is 2.74. The number of hydrogen-bond donors (Lipinski definition) is 1. The highest BCUT2D eigenvalue weighted by atomic mass is 15.2. The average molecular weight is 233 g/mol. The first kappa shape index (κ1) is 12.4. The highest BCUT2D eigenvalue weighted by molar-refractivity contribution is 5.34. The summed E-state index contributed by atoms with van der Waals surface area (Å²) in [6.45, 7) is 6.84. The lowest BCUT2D eigenvalue weighted by molar-refractivity contribution is 0.197. The molecule has 1 unspecified atom stereocenters. The molecule has 1 fully saturated rings. The Morgan fingerprint density at radius 2 is 2.29 bits per heavy atom. The van der Waals surface area contributed by atoms with E-state index in [0.717, 1.165) is 24.3 Å². The van der Waals surface area contributed by atoms with Crippen molar-refractivity contribution in [2.45, 2.75) is 39.3 Å². The van der Waals surface area contributed by atoms with Gasteiger partial charge < -0.3 is 5.32 Å². The highest BCUT2D eigenvalue weighted by Gasteiger charge is 2.26. The Morgan fingerprint density at radius 3 is 3.00 bits per heavy atom. The third-order valence-corrected chi connectivity index (χ3v) is 3.61. The molecule has 2 rings (SSSR count). The average Bonchev–Trinajstić information content (AvgIpc) is 2.77. The molecule has 0 radical (unpaired) electrons. The number of nitrogens with zero attached hydrogens (tertiary/aromatic N) is 2. The van der Waals surface area contributed by atoms with Gasteiger partial charge in [-0.3, -0.25) is 4.90 Å². The summed E-state index contributed by atoms with van der Waals surface area (Å²) >= 11 is 0. The quantitative estimate of drug-likeness (QED) is 0.866. The van der Waals surface area contributed by atoms with E-state index < -0.39 is 0 Å². The van der Waals surface area contributed by atoms with Crippen LogP contribution in [0.25, 0.3) is 0 Å². The van der Waals surface area contributed by atoms with E-state index in [9.17, 15) is 0 Å². The minimum Gasteiger partial charge on any atom is -0.373 e. The zero-order valence-corrected chi connectivity index (χ0v) is 11.1. The van der Waals surface area contributed by atoms with Crippen LogP contribution in [0, 0.1) is 5.92 Å². The van der Waals surface area contributed by atoms with Crippen LogP contribution in [0.5, 0.6) is 0 Å². The molecule has 17 heavy (non-hydrogen) atoms. The van der Waals surface area contributed by atoms with Gasteiger partial charge in [0.2, 0.25) is 0 Å². The predicted molar refractivity (Wildman–Crippen MR) is 72.1 cm³/mol. The van der Waals surface area contributed by atoms with Gasteiger partial charge in [0.05, 0.1) is 5.69 Å². The molecule has 3 nitrogen and oxygen atoms in total. The minimum absolute atomic E-state index is 0.732. The largest absolute Gasteiger partial charge is 0.373 e. The van der Waals surface area contributed by atoms with Crippen molar-refractivity contribution in [3.63, 3.8) is 0 Å². The van der Waals surface area contributed by atoms with Crippen LogP contribution in [0.15, 0.2) is 18.2 Å². The van der Waals surface area contributed by atoms with E-state index in [1.165, 1.54) is 25.1 Å². The summed E-state index contributed by atoms with van der Waals surface area (Å²) in [5.41, 5.74) is 1.17. The van der Waals surface area contributed by atoms with Gasteiger partial charge in [0.15, 0.2) is 0 Å². The Kier molecular flexibility index (Phi) is 4.00. The topological polar surface area (TPSA) is 28.2 Å². The molecule has 1 aliphatic heterocycles. The number of nitrogens with one attached hydrogen (secondary N) is 1. The summed E-state index contributed by atoms with van der Waals surface area (Å²) in [5.74, 6) is 1.70. The van der Waals surface area contributed by atoms with E-state index in [-0.39, 0.29) is 0 Å². The standard InChI is InChI=1S/C14H23N3/c1-11(2)13-7-5-9-17(13)10-12-6-4-8-14(15-3)16-12/h4,6,8,11,13H,5,7,9-10H2,1-3H3,(H,15,16). The van der Waals surface area contributed by atoms with Crippen LogP contribution in [0.1, 0.15) is 32.4 Å². The lowest BCUT2D eigenvalue weighted by atomic mass is 10.0. The monoisotopic (exact) mass is 233 g/mol. The summed E-state index contributed by atoms with van der Waals surface area (Å²) in [6.07, 6.45) is 2.66. The molecule has 0 saturated carbocycles. The Balaban J connectivity index is 2.04. The molecule has 1 N–H and O–H groups in total. The number of anilines is 1. The second-order valence-corrected chi connectivity index (χ2v) is 5.19. The normalized spacial score (nSPS) is 21.1. The SMILES string of the molecule is CNc1cccc(CN2CCCC2C(C)C)n1. The van der Waals surface area contributed by atoms with Crippen molar-refractivity contribution in [2.24, 2.45) is 5.92 Å². The lowest BCUT2D eigenvalue weighted by Gasteiger charge is -2.27. The number of likely N-dealkylation sites (tertiary alicyclic amines) is 1. The first-order valence-electron chi connectivity index (χ1n) is 6.58. The van der Waals surface area contributed by atoms with Crippen molar-refractivity contribution in [1.29, 1.82) is 0 Å². The summed E-state index contributed by atoms with van der Waals surface area (Å²) < 4.78 is 0. The fraction of sp³-hybridized carbons (Fsp3) is 0.643. The van der Waals surface area contributed by atoms with Crippen LogP contribution in [-0.4, -0.2) is 29.5 Å². The minimum atomic E-state index is 0.732. The molecule has 0 aromatic carbocycles. The van der Waals surface area contributed by atoms with Gasteiger partial charge in [0.1, 0.15) is 5.82 Å². The maximum atomic E-state index is 4.60. The fourth-order valence-corrected chi connectivity index (χ4v) is 2.72. The van der Waals surface area contributed by atoms with Crippen LogP contribution in [0.4, 0.5) is 5.82 Å². The molecule has 3 heteroatoms. The summed E-state index contributed by atoms with van der Waals surface area (Å²) in [5, 5.41) is 3.10. The first-order chi connectivity index (χ1) is 8.20. The van der Waals surface area contributed by atoms with E-state index in [1.54, 1.807) is 0 Å². The van der Waals surface area contributed by atoms with Gasteiger partial charge in [-0.15, -0.1) is 0 Å². The Morgan fingerprint density at radius 1 is 1.47 bits per heavy atom. The van der Waals surface area contributed by atoms with Crippen molar-refractivity contribution in [3.8, 4) is 0 Å². The van der Waals surface area contributed by atoms with Crippen LogP contribution in [0.3, 0.4) is 0 Å². The number of aromatic nitrogens is 1. The van der Waals surface area contributed by atoms with E-state index >= 15 is 0 Å². The first-order valence-corrected chi connectivity index (χ1v) is 6.58. The van der Waals surface area contributed by atoms with E-state index in [4.69, 9.17) is 0 Å². The maximum absolute atomic E-state index is 4.60. The van der Waals surface area contributed by atoms with Gasteiger partial charge in [0.25, 0.3) is 0 Å². The van der Waals surface area contributed by atoms with Gasteiger partial charge in [-0.05, 0) is 37.4 Å². The van der Waals surface area contributed by atoms with Crippen LogP contribution >= 0.6 is 0 Å². The summed E-state index contributed by atoms with van der Waals surface area (Å²) in [6, 6.07) is 6.94. The van der Waals surface area contributed by atoms with Gasteiger partial charge in [0, 0.05) is 19.6 Å². The molecule has 0 amide bonds. The molecule has 1 aromatic rings. The van der Waals surface area contributed by atoms with E-state index in [0.29, 0.717) is 0 Å². The second-order valence-electron chi connectivity index (χ2n) is 5.19. The smallest absolute Gasteiger partial charge is 0.126 e. The Bertz CT molecular complexity index is 362. The third-order valence-electron chi connectivity index (χ3n) is 3.61. The Labute approximate surface area is 104 Å². The Hall–Kier alpha value is -1.09. The van der Waals surface area contributed by atoms with E-state index in [1.807, 2.05) is 13.1 Å². The van der Waals surface area contributed by atoms with Gasteiger partial charge in [-0.25, -0.2) is 4.98 Å². The molecule has 1 atom stereocenters. The zero-order chi connectivity index (χ0) is 12.3. The molecule has 94 valence electrons. The number of pyridine rings is 1. The third kappa shape index (κ3) is 2.97. The molecule has 1 saturated heterocycles. The number of hydrogen-bond acceptors (Lipinski definition) is 3. The maximum Gasteiger partial charge on any atom is 0.126 e. The molecule has 0 spiro atoms. The van der Waals surface area contributed by atoms with Gasteiger partial charge >= 0.3 is 0 Å². The lowest BCUT2D eigenvalue weighted by Crippen LogP contribution is -2.33. The zero-order valence-electron chi connectivity index (χ0n) is 11.1. The van der Waals surface area contributed by atoms with Crippen LogP contribution < -0.4 is 5.32 Å². The summed E-state index contributed by atoms with van der Waals surface area (Å²) in [4.78, 5) is 7.17. The fourth-order valence-electron chi connectivity index (χ4n) is 2.72. The van der Waals surface area contributed by atoms with E-state index in [2.05, 4.69) is 41.2 Å². The second kappa shape index (κ2) is 5.50. The van der Waals surface area contributed by atoms with Gasteiger partial charge in [-0.2, -0.15) is 0 Å². The van der Waals surface area contributed by atoms with Crippen molar-refractivity contribution in [1.82, 2.24) is 9.88 Å². The molecule has 0 aliphatic carbocycles. The molecule has 0 bridgehead atoms. The molecular formula is C14H23N3. The molecular weight excluding hydrogens is 210 g/mol. The van der Waals surface area contributed by atoms with Crippen LogP contribution in [0.2, 0.25) is 0 Å². The van der Waals surface area contributed by atoms with Crippen molar-refractivity contribution in [3.05, 3.63) is 23.9 Å². The molecule has 1 aromatic heterocycles. The van der Waals surface area contributed by atoms with Crippen molar-refractivity contribution >= 4 is 5.82 Å². The molecule has 2 heterocycles.